The highest BCUT2D eigenvalue weighted by Gasteiger charge is 2.31. The second kappa shape index (κ2) is 10.7. The summed E-state index contributed by atoms with van der Waals surface area (Å²) in [6, 6.07) is 16.7. The summed E-state index contributed by atoms with van der Waals surface area (Å²) >= 11 is 0. The molecule has 0 aromatic heterocycles. The minimum atomic E-state index is -3.42. The molecule has 0 atom stereocenters. The topological polar surface area (TPSA) is 82.2 Å². The maximum absolute atomic E-state index is 12.6. The third-order valence-corrected chi connectivity index (χ3v) is 7.36. The molecular formula is C22H30N4O4S. The normalized spacial score (nSPS) is 15.7. The summed E-state index contributed by atoms with van der Waals surface area (Å²) < 4.78 is 33.9. The first-order chi connectivity index (χ1) is 14.9. The Balaban J connectivity index is 1.46. The lowest BCUT2D eigenvalue weighted by Crippen LogP contribution is -2.54. The van der Waals surface area contributed by atoms with E-state index in [1.165, 1.54) is 8.61 Å². The quantitative estimate of drug-likeness (QED) is 0.640. The van der Waals surface area contributed by atoms with Crippen LogP contribution in [0.25, 0.3) is 0 Å². The van der Waals surface area contributed by atoms with Crippen molar-refractivity contribution in [2.75, 3.05) is 51.1 Å². The van der Waals surface area contributed by atoms with Crippen molar-refractivity contribution in [3.63, 3.8) is 0 Å². The summed E-state index contributed by atoms with van der Waals surface area (Å²) in [6.07, 6.45) is 0. The van der Waals surface area contributed by atoms with E-state index in [2.05, 4.69) is 5.32 Å². The van der Waals surface area contributed by atoms with E-state index in [4.69, 9.17) is 4.74 Å². The molecule has 0 spiro atoms. The molecule has 0 saturated carbocycles. The first kappa shape index (κ1) is 23.2. The molecule has 1 saturated heterocycles. The molecule has 2 aromatic carbocycles. The number of amides is 1. The van der Waals surface area contributed by atoms with Crippen molar-refractivity contribution in [1.82, 2.24) is 13.5 Å². The van der Waals surface area contributed by atoms with Gasteiger partial charge in [0.2, 0.25) is 5.91 Å². The maximum atomic E-state index is 12.6. The Morgan fingerprint density at radius 1 is 0.935 bits per heavy atom. The molecule has 0 unspecified atom stereocenters. The zero-order valence-corrected chi connectivity index (χ0v) is 18.8. The molecule has 1 aliphatic rings. The molecular weight excluding hydrogens is 416 g/mol. The van der Waals surface area contributed by atoms with Crippen LogP contribution in [0.4, 0.5) is 5.69 Å². The smallest absolute Gasteiger partial charge is 0.282 e. The predicted molar refractivity (Wildman–Crippen MR) is 121 cm³/mol. The van der Waals surface area contributed by atoms with E-state index in [1.807, 2.05) is 49.1 Å². The summed E-state index contributed by atoms with van der Waals surface area (Å²) in [5, 5.41) is 2.88. The van der Waals surface area contributed by atoms with Crippen LogP contribution in [0.2, 0.25) is 0 Å². The van der Waals surface area contributed by atoms with Crippen LogP contribution in [0.5, 0.6) is 11.5 Å². The van der Waals surface area contributed by atoms with Gasteiger partial charge in [-0.25, -0.2) is 0 Å². The summed E-state index contributed by atoms with van der Waals surface area (Å²) in [7, 11) is -3.42. The molecule has 9 heteroatoms. The number of benzene rings is 2. The number of carbonyl (C=O) groups is 1. The lowest BCUT2D eigenvalue weighted by Gasteiger charge is -2.35. The first-order valence-electron chi connectivity index (χ1n) is 10.5. The van der Waals surface area contributed by atoms with Crippen molar-refractivity contribution in [1.29, 1.82) is 0 Å². The van der Waals surface area contributed by atoms with E-state index in [0.717, 1.165) is 5.75 Å². The van der Waals surface area contributed by atoms with E-state index in [-0.39, 0.29) is 12.5 Å². The minimum Gasteiger partial charge on any atom is -0.457 e. The summed E-state index contributed by atoms with van der Waals surface area (Å²) in [6.45, 7) is 6.63. The van der Waals surface area contributed by atoms with Gasteiger partial charge < -0.3 is 10.1 Å². The Labute approximate surface area is 184 Å². The van der Waals surface area contributed by atoms with Crippen molar-refractivity contribution < 1.29 is 17.9 Å². The van der Waals surface area contributed by atoms with Crippen molar-refractivity contribution in [2.45, 2.75) is 13.8 Å². The van der Waals surface area contributed by atoms with E-state index in [0.29, 0.717) is 50.7 Å². The standard InChI is InChI=1S/C22H30N4O4S/c1-3-25(4-2)31(28,29)26-16-14-24(15-17-26)18-22(27)23-19-10-12-21(13-11-19)30-20-8-6-5-7-9-20/h5-13H,3-4,14-18H2,1-2H3,(H,23,27). The number of ether oxygens (including phenoxy) is 1. The van der Waals surface area contributed by atoms with Crippen molar-refractivity contribution in [3.8, 4) is 11.5 Å². The van der Waals surface area contributed by atoms with Crippen LogP contribution >= 0.6 is 0 Å². The number of rotatable bonds is 9. The van der Waals surface area contributed by atoms with E-state index >= 15 is 0 Å². The van der Waals surface area contributed by atoms with Gasteiger partial charge in [-0.2, -0.15) is 17.0 Å². The second-order valence-electron chi connectivity index (χ2n) is 7.25. The Bertz CT molecular complexity index is 939. The van der Waals surface area contributed by atoms with Crippen LogP contribution in [0.1, 0.15) is 13.8 Å². The summed E-state index contributed by atoms with van der Waals surface area (Å²) in [5.74, 6) is 1.31. The van der Waals surface area contributed by atoms with Gasteiger partial charge in [-0.1, -0.05) is 32.0 Å². The molecule has 3 rings (SSSR count). The zero-order chi connectivity index (χ0) is 22.3. The Kier molecular flexibility index (Phi) is 8.03. The Hall–Kier alpha value is -2.46. The lowest BCUT2D eigenvalue weighted by atomic mass is 10.3. The Morgan fingerprint density at radius 2 is 1.52 bits per heavy atom. The molecule has 1 N–H and O–H groups in total. The number of hydrogen-bond donors (Lipinski definition) is 1. The van der Waals surface area contributed by atoms with Gasteiger partial charge in [0.1, 0.15) is 11.5 Å². The van der Waals surface area contributed by atoms with Gasteiger partial charge in [0.15, 0.2) is 0 Å². The first-order valence-corrected chi connectivity index (χ1v) is 11.9. The highest BCUT2D eigenvalue weighted by Crippen LogP contribution is 2.22. The van der Waals surface area contributed by atoms with Crippen LogP contribution < -0.4 is 10.1 Å². The molecule has 0 radical (unpaired) electrons. The molecule has 0 aliphatic carbocycles. The fourth-order valence-corrected chi connectivity index (χ4v) is 5.07. The molecule has 0 bridgehead atoms. The van der Waals surface area contributed by atoms with Gasteiger partial charge in [0.25, 0.3) is 10.2 Å². The van der Waals surface area contributed by atoms with E-state index < -0.39 is 10.2 Å². The minimum absolute atomic E-state index is 0.128. The molecule has 1 fully saturated rings. The Morgan fingerprint density at radius 3 is 2.10 bits per heavy atom. The van der Waals surface area contributed by atoms with Gasteiger partial charge in [-0.05, 0) is 36.4 Å². The molecule has 1 amide bonds. The summed E-state index contributed by atoms with van der Waals surface area (Å²) in [5.41, 5.74) is 0.688. The van der Waals surface area contributed by atoms with Gasteiger partial charge in [-0.15, -0.1) is 0 Å². The molecule has 8 nitrogen and oxygen atoms in total. The highest BCUT2D eigenvalue weighted by atomic mass is 32.2. The van der Waals surface area contributed by atoms with Gasteiger partial charge in [-0.3, -0.25) is 9.69 Å². The van der Waals surface area contributed by atoms with Gasteiger partial charge in [0, 0.05) is 45.0 Å². The third kappa shape index (κ3) is 6.27. The van der Waals surface area contributed by atoms with Crippen molar-refractivity contribution in [3.05, 3.63) is 54.6 Å². The van der Waals surface area contributed by atoms with E-state index in [1.54, 1.807) is 24.3 Å². The number of hydrogen-bond acceptors (Lipinski definition) is 5. The van der Waals surface area contributed by atoms with Crippen molar-refractivity contribution >= 4 is 21.8 Å². The van der Waals surface area contributed by atoms with Crippen LogP contribution in [0, 0.1) is 0 Å². The number of nitrogens with zero attached hydrogens (tertiary/aromatic N) is 3. The highest BCUT2D eigenvalue weighted by molar-refractivity contribution is 7.86. The average molecular weight is 447 g/mol. The van der Waals surface area contributed by atoms with Crippen LogP contribution in [0.15, 0.2) is 54.6 Å². The van der Waals surface area contributed by atoms with Crippen molar-refractivity contribution in [2.24, 2.45) is 0 Å². The average Bonchev–Trinajstić information content (AvgIpc) is 2.77. The molecule has 1 heterocycles. The molecule has 1 aliphatic heterocycles. The summed E-state index contributed by atoms with van der Waals surface area (Å²) in [4.78, 5) is 14.4. The van der Waals surface area contributed by atoms with Gasteiger partial charge in [0.05, 0.1) is 6.54 Å². The fraction of sp³-hybridized carbons (Fsp3) is 0.409. The van der Waals surface area contributed by atoms with Crippen LogP contribution in [-0.4, -0.2) is 73.6 Å². The number of carbonyl (C=O) groups excluding carboxylic acids is 1. The predicted octanol–water partition coefficient (Wildman–Crippen LogP) is 2.62. The van der Waals surface area contributed by atoms with E-state index in [9.17, 15) is 13.2 Å². The molecule has 31 heavy (non-hydrogen) atoms. The largest absolute Gasteiger partial charge is 0.457 e. The second-order valence-corrected chi connectivity index (χ2v) is 9.18. The monoisotopic (exact) mass is 446 g/mol. The molecule has 168 valence electrons. The lowest BCUT2D eigenvalue weighted by molar-refractivity contribution is -0.117. The zero-order valence-electron chi connectivity index (χ0n) is 18.0. The SMILES string of the molecule is CCN(CC)S(=O)(=O)N1CCN(CC(=O)Nc2ccc(Oc3ccccc3)cc2)CC1. The van der Waals surface area contributed by atoms with Crippen LogP contribution in [0.3, 0.4) is 0 Å². The van der Waals surface area contributed by atoms with Crippen LogP contribution in [-0.2, 0) is 15.0 Å². The number of nitrogens with one attached hydrogen (secondary N) is 1. The third-order valence-electron chi connectivity index (χ3n) is 5.17. The fourth-order valence-electron chi connectivity index (χ4n) is 3.47. The van der Waals surface area contributed by atoms with Gasteiger partial charge >= 0.3 is 0 Å². The maximum Gasteiger partial charge on any atom is 0.282 e. The number of piperazine rings is 1. The number of anilines is 1. The number of para-hydroxylation sites is 1. The molecule has 2 aromatic rings.